The maximum atomic E-state index is 12.2. The Morgan fingerprint density at radius 2 is 2.05 bits per heavy atom. The van der Waals surface area contributed by atoms with Crippen LogP contribution in [0.2, 0.25) is 0 Å². The van der Waals surface area contributed by atoms with Crippen molar-refractivity contribution in [3.05, 3.63) is 18.2 Å². The Morgan fingerprint density at radius 3 is 2.58 bits per heavy atom. The van der Waals surface area contributed by atoms with E-state index in [9.17, 15) is 18.4 Å². The zero-order valence-electron chi connectivity index (χ0n) is 10.4. The van der Waals surface area contributed by atoms with Crippen molar-refractivity contribution in [1.29, 1.82) is 0 Å². The van der Waals surface area contributed by atoms with Gasteiger partial charge < -0.3 is 14.8 Å². The van der Waals surface area contributed by atoms with E-state index in [1.165, 1.54) is 32.2 Å². The highest BCUT2D eigenvalue weighted by Gasteiger charge is 2.14. The molecule has 1 amide bonds. The van der Waals surface area contributed by atoms with Crippen LogP contribution in [0.15, 0.2) is 18.2 Å². The first-order chi connectivity index (χ1) is 8.92. The third-order valence-corrected chi connectivity index (χ3v) is 2.09. The molecular formula is C12H13F2NO4. The van der Waals surface area contributed by atoms with Gasteiger partial charge in [0.25, 0.3) is 0 Å². The zero-order valence-corrected chi connectivity index (χ0v) is 10.4. The Bertz CT molecular complexity index is 477. The third kappa shape index (κ3) is 4.90. The van der Waals surface area contributed by atoms with Gasteiger partial charge in [0.2, 0.25) is 5.91 Å². The van der Waals surface area contributed by atoms with E-state index in [1.807, 2.05) is 0 Å². The minimum Gasteiger partial charge on any atom is -0.497 e. The molecule has 0 unspecified atom stereocenters. The van der Waals surface area contributed by atoms with Crippen LogP contribution in [-0.4, -0.2) is 25.4 Å². The molecule has 1 aromatic carbocycles. The van der Waals surface area contributed by atoms with Crippen molar-refractivity contribution >= 4 is 17.4 Å². The fourth-order valence-electron chi connectivity index (χ4n) is 1.35. The zero-order chi connectivity index (χ0) is 14.4. The summed E-state index contributed by atoms with van der Waals surface area (Å²) in [7, 11) is 1.39. The van der Waals surface area contributed by atoms with E-state index >= 15 is 0 Å². The number of rotatable bonds is 6. The number of carbonyl (C=O) groups is 2. The van der Waals surface area contributed by atoms with Crippen LogP contribution in [0.1, 0.15) is 13.3 Å². The fraction of sp³-hybridized carbons (Fsp3) is 0.333. The van der Waals surface area contributed by atoms with Crippen LogP contribution in [0.3, 0.4) is 0 Å². The number of nitrogens with one attached hydrogen (secondary N) is 1. The Morgan fingerprint density at radius 1 is 1.37 bits per heavy atom. The molecule has 0 radical (unpaired) electrons. The van der Waals surface area contributed by atoms with E-state index in [2.05, 4.69) is 10.1 Å². The molecule has 19 heavy (non-hydrogen) atoms. The normalized spacial score (nSPS) is 10.2. The summed E-state index contributed by atoms with van der Waals surface area (Å²) in [5, 5.41) is 2.32. The summed E-state index contributed by atoms with van der Waals surface area (Å²) in [5.74, 6) is -0.788. The van der Waals surface area contributed by atoms with Gasteiger partial charge in [0.15, 0.2) is 0 Å². The van der Waals surface area contributed by atoms with Crippen LogP contribution in [0, 0.1) is 0 Å². The first-order valence-corrected chi connectivity index (χ1v) is 5.34. The Labute approximate surface area is 108 Å². The van der Waals surface area contributed by atoms with Crippen LogP contribution in [0.5, 0.6) is 11.5 Å². The van der Waals surface area contributed by atoms with Gasteiger partial charge in [0.1, 0.15) is 17.3 Å². The maximum Gasteiger partial charge on any atom is 0.387 e. The molecule has 0 saturated carbocycles. The molecule has 5 nitrogen and oxygen atoms in total. The molecule has 104 valence electrons. The lowest BCUT2D eigenvalue weighted by molar-refractivity contribution is -0.124. The van der Waals surface area contributed by atoms with E-state index in [0.717, 1.165) is 0 Å². The van der Waals surface area contributed by atoms with Crippen molar-refractivity contribution < 1.29 is 27.8 Å². The van der Waals surface area contributed by atoms with Gasteiger partial charge in [-0.2, -0.15) is 8.78 Å². The van der Waals surface area contributed by atoms with Gasteiger partial charge in [-0.1, -0.05) is 0 Å². The minimum absolute atomic E-state index is 0.0194. The van der Waals surface area contributed by atoms with Crippen LogP contribution in [0.4, 0.5) is 14.5 Å². The van der Waals surface area contributed by atoms with Crippen LogP contribution in [0.25, 0.3) is 0 Å². The number of benzene rings is 1. The molecule has 0 spiro atoms. The summed E-state index contributed by atoms with van der Waals surface area (Å²) in [5.41, 5.74) is 0.0194. The molecule has 0 aromatic heterocycles. The molecule has 1 N–H and O–H groups in total. The lowest BCUT2D eigenvalue weighted by Crippen LogP contribution is -2.16. The summed E-state index contributed by atoms with van der Waals surface area (Å²) < 4.78 is 33.6. The monoisotopic (exact) mass is 273 g/mol. The highest BCUT2D eigenvalue weighted by molar-refractivity contribution is 6.04. The highest BCUT2D eigenvalue weighted by Crippen LogP contribution is 2.30. The maximum absolute atomic E-state index is 12.2. The van der Waals surface area contributed by atoms with Crippen molar-refractivity contribution in [2.24, 2.45) is 0 Å². The second-order valence-electron chi connectivity index (χ2n) is 3.67. The molecule has 1 aromatic rings. The van der Waals surface area contributed by atoms with Crippen LogP contribution < -0.4 is 14.8 Å². The van der Waals surface area contributed by atoms with E-state index in [-0.39, 0.29) is 23.6 Å². The quantitative estimate of drug-likeness (QED) is 0.807. The number of ketones is 1. The third-order valence-electron chi connectivity index (χ3n) is 2.09. The van der Waals surface area contributed by atoms with Crippen molar-refractivity contribution in [2.45, 2.75) is 20.0 Å². The van der Waals surface area contributed by atoms with Crippen molar-refractivity contribution in [3.63, 3.8) is 0 Å². The van der Waals surface area contributed by atoms with Crippen LogP contribution >= 0.6 is 0 Å². The topological polar surface area (TPSA) is 64.6 Å². The van der Waals surface area contributed by atoms with E-state index in [0.29, 0.717) is 5.75 Å². The largest absolute Gasteiger partial charge is 0.497 e. The first kappa shape index (κ1) is 14.9. The van der Waals surface area contributed by atoms with E-state index in [4.69, 9.17) is 4.74 Å². The molecule has 1 rings (SSSR count). The summed E-state index contributed by atoms with van der Waals surface area (Å²) >= 11 is 0. The lowest BCUT2D eigenvalue weighted by atomic mass is 10.2. The minimum atomic E-state index is -3.02. The van der Waals surface area contributed by atoms with Gasteiger partial charge in [-0.05, 0) is 19.1 Å². The molecular weight excluding hydrogens is 260 g/mol. The Hall–Kier alpha value is -2.18. The SMILES string of the molecule is COc1ccc(OC(F)F)c(NC(=O)CC(C)=O)c1. The molecule has 0 aliphatic carbocycles. The smallest absolute Gasteiger partial charge is 0.387 e. The van der Waals surface area contributed by atoms with Gasteiger partial charge in [-0.25, -0.2) is 0 Å². The fourth-order valence-corrected chi connectivity index (χ4v) is 1.35. The number of hydrogen-bond acceptors (Lipinski definition) is 4. The molecule has 0 fully saturated rings. The van der Waals surface area contributed by atoms with Gasteiger partial charge in [0.05, 0.1) is 19.2 Å². The number of ether oxygens (including phenoxy) is 2. The molecule has 0 aliphatic rings. The lowest BCUT2D eigenvalue weighted by Gasteiger charge is -2.12. The molecule has 0 saturated heterocycles. The first-order valence-electron chi connectivity index (χ1n) is 5.34. The summed E-state index contributed by atoms with van der Waals surface area (Å²) in [6.45, 7) is -1.77. The van der Waals surface area contributed by atoms with E-state index < -0.39 is 12.5 Å². The number of halogens is 2. The van der Waals surface area contributed by atoms with Gasteiger partial charge >= 0.3 is 6.61 Å². The Balaban J connectivity index is 2.93. The molecule has 0 bridgehead atoms. The second-order valence-corrected chi connectivity index (χ2v) is 3.67. The predicted molar refractivity (Wildman–Crippen MR) is 63.6 cm³/mol. The number of methoxy groups -OCH3 is 1. The standard InChI is InChI=1S/C12H13F2NO4/c1-7(16)5-11(17)15-9-6-8(18-2)3-4-10(9)19-12(13)14/h3-4,6,12H,5H2,1-2H3,(H,15,17). The van der Waals surface area contributed by atoms with Gasteiger partial charge in [0, 0.05) is 6.07 Å². The Kier molecular flexibility index (Phi) is 5.23. The predicted octanol–water partition coefficient (Wildman–Crippen LogP) is 2.21. The number of Topliss-reactive ketones (excluding diaryl/α,β-unsaturated/α-hetero) is 1. The van der Waals surface area contributed by atoms with Crippen molar-refractivity contribution in [3.8, 4) is 11.5 Å². The van der Waals surface area contributed by atoms with Crippen LogP contribution in [-0.2, 0) is 9.59 Å². The molecule has 0 atom stereocenters. The number of anilines is 1. The molecule has 0 aliphatic heterocycles. The van der Waals surface area contributed by atoms with Crippen molar-refractivity contribution in [1.82, 2.24) is 0 Å². The molecule has 0 heterocycles. The van der Waals surface area contributed by atoms with Crippen molar-refractivity contribution in [2.75, 3.05) is 12.4 Å². The number of carbonyl (C=O) groups excluding carboxylic acids is 2. The summed E-state index contributed by atoms with van der Waals surface area (Å²) in [6, 6.07) is 3.99. The highest BCUT2D eigenvalue weighted by atomic mass is 19.3. The molecule has 7 heteroatoms. The number of amides is 1. The number of alkyl halides is 2. The second kappa shape index (κ2) is 6.67. The average Bonchev–Trinajstić information content (AvgIpc) is 2.29. The summed E-state index contributed by atoms with van der Waals surface area (Å²) in [4.78, 5) is 22.2. The summed E-state index contributed by atoms with van der Waals surface area (Å²) in [6.07, 6.45) is -0.342. The van der Waals surface area contributed by atoms with Gasteiger partial charge in [-0.15, -0.1) is 0 Å². The van der Waals surface area contributed by atoms with Gasteiger partial charge in [-0.3, -0.25) is 9.59 Å². The van der Waals surface area contributed by atoms with E-state index in [1.54, 1.807) is 0 Å². The average molecular weight is 273 g/mol. The number of hydrogen-bond donors (Lipinski definition) is 1.